The highest BCUT2D eigenvalue weighted by atomic mass is 31.2. The van der Waals surface area contributed by atoms with Gasteiger partial charge in [-0.1, -0.05) is 31.8 Å². The van der Waals surface area contributed by atoms with Crippen molar-refractivity contribution in [1.29, 1.82) is 0 Å². The second kappa shape index (κ2) is 10.2. The molecule has 190 valence electrons. The van der Waals surface area contributed by atoms with Crippen LogP contribution < -0.4 is 10.6 Å². The normalized spacial score (nSPS) is 14.9. The summed E-state index contributed by atoms with van der Waals surface area (Å²) in [6, 6.07) is 7.09. The number of aromatic nitrogens is 3. The fraction of sp³-hybridized carbons (Fsp3) is 0.538. The lowest BCUT2D eigenvalue weighted by Crippen LogP contribution is -2.22. The van der Waals surface area contributed by atoms with Crippen molar-refractivity contribution in [2.24, 2.45) is 0 Å². The Hall–Kier alpha value is -1.99. The van der Waals surface area contributed by atoms with E-state index < -0.39 is 15.2 Å². The van der Waals surface area contributed by atoms with Gasteiger partial charge in [0.25, 0.3) is 0 Å². The zero-order valence-corrected chi connectivity index (χ0v) is 23.8. The summed E-state index contributed by atoms with van der Waals surface area (Å²) in [5, 5.41) is 14.6. The summed E-state index contributed by atoms with van der Waals surface area (Å²) in [7, 11) is -3.73. The molecule has 1 aromatic carbocycles. The molecule has 4 rings (SSSR count). The Morgan fingerprint density at radius 2 is 2.03 bits per heavy atom. The van der Waals surface area contributed by atoms with E-state index in [1.807, 2.05) is 38.6 Å². The van der Waals surface area contributed by atoms with E-state index in [0.29, 0.717) is 12.7 Å². The fourth-order valence-corrected chi connectivity index (χ4v) is 6.62. The Morgan fingerprint density at radius 3 is 2.71 bits per heavy atom. The quantitative estimate of drug-likeness (QED) is 0.239. The largest absolute Gasteiger partial charge is 0.394 e. The number of aliphatic hydroxyl groups excluding tert-OH is 1. The lowest BCUT2D eigenvalue weighted by molar-refractivity contribution is 0.0886. The van der Waals surface area contributed by atoms with Crippen LogP contribution in [0.1, 0.15) is 24.6 Å². The van der Waals surface area contributed by atoms with Gasteiger partial charge in [0.05, 0.1) is 17.8 Å². The van der Waals surface area contributed by atoms with E-state index in [0.717, 1.165) is 64.9 Å². The molecule has 1 atom stereocenters. The van der Waals surface area contributed by atoms with Crippen molar-refractivity contribution in [3.8, 4) is 11.3 Å². The topological polar surface area (TPSA) is 89.3 Å². The van der Waals surface area contributed by atoms with E-state index in [2.05, 4.69) is 40.6 Å². The fourth-order valence-electron chi connectivity index (χ4n) is 4.67. The molecule has 9 heteroatoms. The smallest absolute Gasteiger partial charge is 0.223 e. The van der Waals surface area contributed by atoms with Gasteiger partial charge < -0.3 is 24.3 Å². The number of nitrogens with one attached hydrogen (secondary N) is 1. The second-order valence-corrected chi connectivity index (χ2v) is 20.1. The first-order chi connectivity index (χ1) is 16.5. The number of para-hydroxylation sites is 1. The van der Waals surface area contributed by atoms with Gasteiger partial charge in [0.2, 0.25) is 5.95 Å². The number of aliphatic hydroxyl groups is 1. The molecule has 2 N–H and O–H groups in total. The Balaban J connectivity index is 1.89. The first-order valence-corrected chi connectivity index (χ1v) is 18.8. The van der Waals surface area contributed by atoms with Crippen LogP contribution in [0.4, 0.5) is 5.95 Å². The molecule has 2 aromatic heterocycles. The van der Waals surface area contributed by atoms with E-state index in [1.54, 1.807) is 0 Å². The summed E-state index contributed by atoms with van der Waals surface area (Å²) in [6.45, 7) is 13.8. The molecule has 3 aromatic rings. The van der Waals surface area contributed by atoms with Crippen molar-refractivity contribution in [3.63, 3.8) is 0 Å². The molecule has 1 aliphatic rings. The zero-order valence-electron chi connectivity index (χ0n) is 21.9. The Morgan fingerprint density at radius 1 is 1.26 bits per heavy atom. The van der Waals surface area contributed by atoms with Crippen LogP contribution in [0.3, 0.4) is 0 Å². The molecule has 0 aliphatic heterocycles. The highest BCUT2D eigenvalue weighted by Crippen LogP contribution is 2.44. The van der Waals surface area contributed by atoms with Crippen LogP contribution in [0.5, 0.6) is 0 Å². The molecule has 0 saturated heterocycles. The van der Waals surface area contributed by atoms with Crippen LogP contribution in [0, 0.1) is 0 Å². The van der Waals surface area contributed by atoms with Crippen LogP contribution in [0.25, 0.3) is 22.2 Å². The molecule has 0 saturated carbocycles. The minimum Gasteiger partial charge on any atom is -0.394 e. The van der Waals surface area contributed by atoms with Gasteiger partial charge in [0.15, 0.2) is 0 Å². The third-order valence-electron chi connectivity index (χ3n) is 6.58. The van der Waals surface area contributed by atoms with E-state index in [4.69, 9.17) is 9.72 Å². The Kier molecular flexibility index (Phi) is 7.58. The number of benzene rings is 1. The molecular weight excluding hydrogens is 475 g/mol. The average molecular weight is 515 g/mol. The number of nitrogens with zero attached hydrogens (tertiary/aromatic N) is 3. The van der Waals surface area contributed by atoms with Gasteiger partial charge in [-0.3, -0.25) is 0 Å². The standard InChI is InChI=1S/C26H39N4O3PSi/c1-18(16-31)28-26-27-15-19-9-7-11-21-23(24(19)29-26)20-10-8-12-22(34(2,3)32)25(20)30(21)17-33-13-14-35(4,5)6/h8,10,12,15,18,31H,7,9,11,13-14,16-17H2,1-6H3,(H,27,28,29)/t18-/m0/s1. The maximum absolute atomic E-state index is 13.4. The first-order valence-electron chi connectivity index (χ1n) is 12.5. The predicted molar refractivity (Wildman–Crippen MR) is 148 cm³/mol. The Bertz CT molecular complexity index is 1260. The molecule has 7 nitrogen and oxygen atoms in total. The predicted octanol–water partition coefficient (Wildman–Crippen LogP) is 4.94. The van der Waals surface area contributed by atoms with Crippen molar-refractivity contribution in [2.45, 2.75) is 64.6 Å². The zero-order chi connectivity index (χ0) is 25.4. The molecule has 0 unspecified atom stereocenters. The SMILES string of the molecule is C[C@@H](CO)Nc1ncc2c(n1)-c1c(n(COCC[Si](C)(C)C)c3c(P(C)(C)=O)cccc13)CCC2. The summed E-state index contributed by atoms with van der Waals surface area (Å²) in [4.78, 5) is 9.45. The van der Waals surface area contributed by atoms with E-state index >= 15 is 0 Å². The Labute approximate surface area is 209 Å². The van der Waals surface area contributed by atoms with Crippen molar-refractivity contribution in [1.82, 2.24) is 14.5 Å². The number of aryl methyl sites for hydroxylation is 1. The van der Waals surface area contributed by atoms with Gasteiger partial charge in [-0.2, -0.15) is 0 Å². The molecule has 0 bridgehead atoms. The molecule has 0 amide bonds. The monoisotopic (exact) mass is 514 g/mol. The van der Waals surface area contributed by atoms with Gasteiger partial charge in [0, 0.05) is 48.9 Å². The van der Waals surface area contributed by atoms with Gasteiger partial charge in [-0.25, -0.2) is 9.97 Å². The lowest BCUT2D eigenvalue weighted by atomic mass is 10.0. The molecule has 2 heterocycles. The molecule has 0 spiro atoms. The molecule has 0 fully saturated rings. The van der Waals surface area contributed by atoms with Crippen LogP contribution >= 0.6 is 7.14 Å². The number of hydrogen-bond donors (Lipinski definition) is 2. The van der Waals surface area contributed by atoms with Crippen LogP contribution in [0.15, 0.2) is 24.4 Å². The van der Waals surface area contributed by atoms with Crippen LogP contribution in [-0.4, -0.2) is 60.3 Å². The number of ether oxygens (including phenoxy) is 1. The molecule has 35 heavy (non-hydrogen) atoms. The third kappa shape index (κ3) is 5.72. The van der Waals surface area contributed by atoms with Gasteiger partial charge >= 0.3 is 0 Å². The van der Waals surface area contributed by atoms with E-state index in [-0.39, 0.29) is 12.6 Å². The maximum atomic E-state index is 13.4. The molecule has 1 aliphatic carbocycles. The minimum absolute atomic E-state index is 0.00537. The van der Waals surface area contributed by atoms with Gasteiger partial charge in [-0.15, -0.1) is 0 Å². The molecular formula is C26H39N4O3PSi. The average Bonchev–Trinajstić information content (AvgIpc) is 2.96. The lowest BCUT2D eigenvalue weighted by Gasteiger charge is -2.18. The van der Waals surface area contributed by atoms with Crippen molar-refractivity contribution in [3.05, 3.63) is 35.7 Å². The van der Waals surface area contributed by atoms with Crippen molar-refractivity contribution < 1.29 is 14.4 Å². The number of fused-ring (bicyclic) bond motifs is 5. The van der Waals surface area contributed by atoms with Crippen molar-refractivity contribution >= 4 is 37.4 Å². The number of anilines is 1. The maximum Gasteiger partial charge on any atom is 0.223 e. The highest BCUT2D eigenvalue weighted by molar-refractivity contribution is 7.70. The number of rotatable bonds is 9. The van der Waals surface area contributed by atoms with Crippen molar-refractivity contribution in [2.75, 3.05) is 31.9 Å². The summed E-state index contributed by atoms with van der Waals surface area (Å²) in [5.74, 6) is 0.512. The highest BCUT2D eigenvalue weighted by Gasteiger charge is 2.28. The van der Waals surface area contributed by atoms with Gasteiger partial charge in [-0.05, 0) is 57.2 Å². The van der Waals surface area contributed by atoms with Crippen LogP contribution in [0.2, 0.25) is 25.7 Å². The minimum atomic E-state index is -2.53. The summed E-state index contributed by atoms with van der Waals surface area (Å²) >= 11 is 0. The first kappa shape index (κ1) is 26.1. The summed E-state index contributed by atoms with van der Waals surface area (Å²) < 4.78 is 21.9. The molecule has 0 radical (unpaired) electrons. The number of hydrogen-bond acceptors (Lipinski definition) is 6. The summed E-state index contributed by atoms with van der Waals surface area (Å²) in [5.41, 5.74) is 5.33. The third-order valence-corrected chi connectivity index (χ3v) is 9.80. The summed E-state index contributed by atoms with van der Waals surface area (Å²) in [6.07, 6.45) is 4.69. The van der Waals surface area contributed by atoms with Crippen LogP contribution in [-0.2, 0) is 28.9 Å². The van der Waals surface area contributed by atoms with E-state index in [9.17, 15) is 9.67 Å². The van der Waals surface area contributed by atoms with Gasteiger partial charge in [0.1, 0.15) is 13.9 Å². The van der Waals surface area contributed by atoms with E-state index in [1.165, 1.54) is 5.69 Å². The second-order valence-electron chi connectivity index (χ2n) is 11.3.